The van der Waals surface area contributed by atoms with Gasteiger partial charge >= 0.3 is 12.1 Å². The highest BCUT2D eigenvalue weighted by atomic mass is 19.1. The number of aliphatic carboxylic acids is 1. The molecule has 0 fully saturated rings. The molecule has 1 amide bonds. The average molecular weight is 520 g/mol. The molecule has 0 aliphatic carbocycles. The molecule has 8 nitrogen and oxygen atoms in total. The minimum atomic E-state index is -0.992. The van der Waals surface area contributed by atoms with Crippen LogP contribution in [-0.2, 0) is 20.7 Å². The van der Waals surface area contributed by atoms with Crippen LogP contribution in [0.1, 0.15) is 45.6 Å². The van der Waals surface area contributed by atoms with Crippen LogP contribution in [0.4, 0.5) is 9.18 Å². The summed E-state index contributed by atoms with van der Waals surface area (Å²) in [7, 11) is 0. The second-order valence-corrected chi connectivity index (χ2v) is 8.58. The molecule has 204 valence electrons. The molecule has 0 bridgehead atoms. The van der Waals surface area contributed by atoms with Crippen LogP contribution in [0, 0.1) is 5.82 Å². The second-order valence-electron chi connectivity index (χ2n) is 8.58. The van der Waals surface area contributed by atoms with E-state index in [-0.39, 0.29) is 31.0 Å². The summed E-state index contributed by atoms with van der Waals surface area (Å²) in [5.74, 6) is -0.0804. The number of nitrogens with zero attached hydrogens (tertiary/aromatic N) is 1. The van der Waals surface area contributed by atoms with Crippen LogP contribution in [0.15, 0.2) is 48.5 Å². The van der Waals surface area contributed by atoms with Gasteiger partial charge in [-0.15, -0.1) is 0 Å². The molecule has 0 spiro atoms. The SMILES string of the molecule is CCOC(Cc1ccc(OCCN(CCCCOc2ccc(F)cc2)C(=O)OC(C)CC)cc1)C(=O)O. The predicted molar refractivity (Wildman–Crippen MR) is 138 cm³/mol. The molecule has 2 aromatic rings. The van der Waals surface area contributed by atoms with Gasteiger partial charge in [-0.2, -0.15) is 0 Å². The number of carbonyl (C=O) groups is 2. The summed E-state index contributed by atoms with van der Waals surface area (Å²) >= 11 is 0. The van der Waals surface area contributed by atoms with E-state index in [1.165, 1.54) is 12.1 Å². The zero-order valence-electron chi connectivity index (χ0n) is 21.9. The van der Waals surface area contributed by atoms with Gasteiger partial charge in [0.2, 0.25) is 0 Å². The Balaban J connectivity index is 1.82. The predicted octanol–water partition coefficient (Wildman–Crippen LogP) is 5.33. The number of halogens is 1. The van der Waals surface area contributed by atoms with Crippen molar-refractivity contribution < 1.29 is 38.0 Å². The molecule has 0 saturated carbocycles. The van der Waals surface area contributed by atoms with Crippen molar-refractivity contribution in [1.82, 2.24) is 4.90 Å². The third kappa shape index (κ3) is 11.5. The molecule has 37 heavy (non-hydrogen) atoms. The first-order valence-corrected chi connectivity index (χ1v) is 12.7. The zero-order valence-corrected chi connectivity index (χ0v) is 21.9. The zero-order chi connectivity index (χ0) is 27.0. The van der Waals surface area contributed by atoms with Gasteiger partial charge in [0.1, 0.15) is 30.0 Å². The van der Waals surface area contributed by atoms with E-state index in [0.29, 0.717) is 50.6 Å². The van der Waals surface area contributed by atoms with Crippen molar-refractivity contribution in [2.45, 2.75) is 58.7 Å². The Kier molecular flexibility index (Phi) is 13.3. The summed E-state index contributed by atoms with van der Waals surface area (Å²) < 4.78 is 35.2. The quantitative estimate of drug-likeness (QED) is 0.282. The highest BCUT2D eigenvalue weighted by molar-refractivity contribution is 5.72. The number of hydrogen-bond acceptors (Lipinski definition) is 6. The number of ether oxygens (including phenoxy) is 4. The number of rotatable bonds is 17. The lowest BCUT2D eigenvalue weighted by Gasteiger charge is -2.24. The monoisotopic (exact) mass is 519 g/mol. The van der Waals surface area contributed by atoms with Crippen molar-refractivity contribution in [2.24, 2.45) is 0 Å². The summed E-state index contributed by atoms with van der Waals surface area (Å²) in [4.78, 5) is 25.6. The van der Waals surface area contributed by atoms with E-state index in [0.717, 1.165) is 12.0 Å². The molecule has 0 aliphatic rings. The lowest BCUT2D eigenvalue weighted by molar-refractivity contribution is -0.149. The highest BCUT2D eigenvalue weighted by Gasteiger charge is 2.19. The molecule has 2 unspecified atom stereocenters. The lowest BCUT2D eigenvalue weighted by atomic mass is 10.1. The Morgan fingerprint density at radius 2 is 1.54 bits per heavy atom. The topological polar surface area (TPSA) is 94.5 Å². The second kappa shape index (κ2) is 16.4. The van der Waals surface area contributed by atoms with Gasteiger partial charge in [0.15, 0.2) is 6.10 Å². The molecule has 0 aliphatic heterocycles. The number of carboxylic acid groups (broad SMARTS) is 1. The maximum Gasteiger partial charge on any atom is 0.410 e. The normalized spacial score (nSPS) is 12.4. The van der Waals surface area contributed by atoms with E-state index < -0.39 is 12.1 Å². The van der Waals surface area contributed by atoms with Gasteiger partial charge in [-0.3, -0.25) is 0 Å². The van der Waals surface area contributed by atoms with E-state index in [4.69, 9.17) is 18.9 Å². The molecule has 0 aromatic heterocycles. The summed E-state index contributed by atoms with van der Waals surface area (Å²) in [6, 6.07) is 13.0. The van der Waals surface area contributed by atoms with E-state index in [1.54, 1.807) is 48.2 Å². The Labute approximate surface area is 218 Å². The van der Waals surface area contributed by atoms with Gasteiger partial charge in [0.05, 0.1) is 13.2 Å². The Hall–Kier alpha value is -3.33. The molecule has 2 rings (SSSR count). The van der Waals surface area contributed by atoms with Crippen molar-refractivity contribution in [3.63, 3.8) is 0 Å². The van der Waals surface area contributed by atoms with Crippen LogP contribution in [0.3, 0.4) is 0 Å². The molecule has 1 N–H and O–H groups in total. The number of amides is 1. The summed E-state index contributed by atoms with van der Waals surface area (Å²) in [5, 5.41) is 9.24. The summed E-state index contributed by atoms with van der Waals surface area (Å²) in [6.45, 7) is 7.46. The standard InChI is InChI=1S/C28H38FNO7/c1-4-21(3)37-28(33)30(16-6-7-18-35-25-14-10-23(29)11-15-25)17-19-36-24-12-8-22(9-13-24)20-26(27(31)32)34-5-2/h8-15,21,26H,4-7,16-20H2,1-3H3,(H,31,32). The molecular formula is C28H38FNO7. The van der Waals surface area contributed by atoms with Gasteiger partial charge in [-0.05, 0) is 75.1 Å². The van der Waals surface area contributed by atoms with Gasteiger partial charge < -0.3 is 29.0 Å². The number of carbonyl (C=O) groups excluding carboxylic acids is 1. The molecule has 2 aromatic carbocycles. The van der Waals surface area contributed by atoms with Crippen LogP contribution in [0.5, 0.6) is 11.5 Å². The molecule has 2 atom stereocenters. The fraction of sp³-hybridized carbons (Fsp3) is 0.500. The number of carboxylic acids is 1. The van der Waals surface area contributed by atoms with Crippen molar-refractivity contribution in [1.29, 1.82) is 0 Å². The third-order valence-corrected chi connectivity index (χ3v) is 5.66. The Bertz CT molecular complexity index is 937. The molecule has 9 heteroatoms. The maximum absolute atomic E-state index is 13.0. The number of unbranched alkanes of at least 4 members (excludes halogenated alkanes) is 1. The van der Waals surface area contributed by atoms with Gasteiger partial charge in [-0.25, -0.2) is 14.0 Å². The van der Waals surface area contributed by atoms with Crippen molar-refractivity contribution in [3.8, 4) is 11.5 Å². The molecule has 0 radical (unpaired) electrons. The van der Waals surface area contributed by atoms with Crippen molar-refractivity contribution in [3.05, 3.63) is 59.9 Å². The van der Waals surface area contributed by atoms with Crippen LogP contribution >= 0.6 is 0 Å². The van der Waals surface area contributed by atoms with Crippen LogP contribution in [0.2, 0.25) is 0 Å². The minimum absolute atomic E-state index is 0.184. The summed E-state index contributed by atoms with van der Waals surface area (Å²) in [5.41, 5.74) is 0.829. The van der Waals surface area contributed by atoms with E-state index in [2.05, 4.69) is 0 Å². The molecule has 0 saturated heterocycles. The van der Waals surface area contributed by atoms with Gasteiger partial charge in [0.25, 0.3) is 0 Å². The first-order valence-electron chi connectivity index (χ1n) is 12.7. The third-order valence-electron chi connectivity index (χ3n) is 5.66. The molecule has 0 heterocycles. The van der Waals surface area contributed by atoms with Crippen LogP contribution in [0.25, 0.3) is 0 Å². The fourth-order valence-electron chi connectivity index (χ4n) is 3.38. The summed E-state index contributed by atoms with van der Waals surface area (Å²) in [6.07, 6.45) is 0.953. The van der Waals surface area contributed by atoms with E-state index in [1.807, 2.05) is 13.8 Å². The highest BCUT2D eigenvalue weighted by Crippen LogP contribution is 2.15. The van der Waals surface area contributed by atoms with Crippen molar-refractivity contribution >= 4 is 12.1 Å². The van der Waals surface area contributed by atoms with Gasteiger partial charge in [0, 0.05) is 19.6 Å². The van der Waals surface area contributed by atoms with E-state index >= 15 is 0 Å². The smallest absolute Gasteiger partial charge is 0.410 e. The van der Waals surface area contributed by atoms with Crippen molar-refractivity contribution in [2.75, 3.05) is 32.9 Å². The largest absolute Gasteiger partial charge is 0.494 e. The number of hydrogen-bond donors (Lipinski definition) is 1. The fourth-order valence-corrected chi connectivity index (χ4v) is 3.38. The maximum atomic E-state index is 13.0. The Morgan fingerprint density at radius 1 is 0.919 bits per heavy atom. The van der Waals surface area contributed by atoms with Crippen LogP contribution in [-0.4, -0.2) is 67.2 Å². The minimum Gasteiger partial charge on any atom is -0.494 e. The first kappa shape index (κ1) is 29.9. The van der Waals surface area contributed by atoms with Crippen LogP contribution < -0.4 is 9.47 Å². The lowest BCUT2D eigenvalue weighted by Crippen LogP contribution is -2.37. The van der Waals surface area contributed by atoms with E-state index in [9.17, 15) is 19.1 Å². The molecular weight excluding hydrogens is 481 g/mol. The Morgan fingerprint density at radius 3 is 2.14 bits per heavy atom. The first-order chi connectivity index (χ1) is 17.8. The van der Waals surface area contributed by atoms with Gasteiger partial charge in [-0.1, -0.05) is 19.1 Å². The average Bonchev–Trinajstić information content (AvgIpc) is 2.88. The number of benzene rings is 2.